The summed E-state index contributed by atoms with van der Waals surface area (Å²) in [5.41, 5.74) is 5.05. The quantitative estimate of drug-likeness (QED) is 0.591. The Morgan fingerprint density at radius 3 is 2.65 bits per heavy atom. The number of hydrogen-bond acceptors (Lipinski definition) is 5. The first-order valence-corrected chi connectivity index (χ1v) is 5.68. The maximum atomic E-state index is 11.8. The van der Waals surface area contributed by atoms with Crippen LogP contribution in [0.1, 0.15) is 27.2 Å². The van der Waals surface area contributed by atoms with Crippen LogP contribution in [-0.4, -0.2) is 48.9 Å². The molecule has 0 radical (unpaired) electrons. The van der Waals surface area contributed by atoms with Gasteiger partial charge in [0.15, 0.2) is 0 Å². The van der Waals surface area contributed by atoms with Gasteiger partial charge in [-0.05, 0) is 27.2 Å². The van der Waals surface area contributed by atoms with Gasteiger partial charge in [0.25, 0.3) is 0 Å². The van der Waals surface area contributed by atoms with Crippen molar-refractivity contribution in [2.45, 2.75) is 38.3 Å². The van der Waals surface area contributed by atoms with Gasteiger partial charge in [-0.25, -0.2) is 14.6 Å². The Morgan fingerprint density at radius 1 is 1.47 bits per heavy atom. The highest BCUT2D eigenvalue weighted by atomic mass is 17.2. The molecule has 1 unspecified atom stereocenters. The van der Waals surface area contributed by atoms with Crippen LogP contribution in [0, 0.1) is 0 Å². The van der Waals surface area contributed by atoms with Crippen molar-refractivity contribution in [3.63, 3.8) is 0 Å². The summed E-state index contributed by atoms with van der Waals surface area (Å²) in [6.45, 7) is 6.78. The number of likely N-dealkylation sites (tertiary alicyclic amines) is 1. The van der Waals surface area contributed by atoms with E-state index in [2.05, 4.69) is 4.89 Å². The molecule has 0 spiro atoms. The smallest absolute Gasteiger partial charge is 0.410 e. The molecule has 1 heterocycles. The number of nitrogens with two attached hydrogens (primary N) is 1. The van der Waals surface area contributed by atoms with Gasteiger partial charge >= 0.3 is 6.09 Å². The zero-order valence-corrected chi connectivity index (χ0v) is 11.0. The number of amides is 1. The molecule has 100 valence electrons. The summed E-state index contributed by atoms with van der Waals surface area (Å²) in [5.74, 6) is 0. The predicted octanol–water partition coefficient (Wildman–Crippen LogP) is 0.903. The Balaban J connectivity index is 2.47. The first-order valence-electron chi connectivity index (χ1n) is 5.68. The molecule has 0 aromatic heterocycles. The molecule has 0 aromatic rings. The van der Waals surface area contributed by atoms with Gasteiger partial charge in [-0.1, -0.05) is 0 Å². The normalized spacial score (nSPS) is 25.1. The number of nitrogens with zero attached hydrogens (tertiary/aromatic N) is 1. The number of ether oxygens (including phenoxy) is 1. The van der Waals surface area contributed by atoms with E-state index in [9.17, 15) is 4.79 Å². The van der Waals surface area contributed by atoms with E-state index in [-0.39, 0.29) is 12.7 Å². The summed E-state index contributed by atoms with van der Waals surface area (Å²) < 4.78 is 5.28. The Bertz CT molecular complexity index is 277. The van der Waals surface area contributed by atoms with E-state index in [0.717, 1.165) is 0 Å². The van der Waals surface area contributed by atoms with Crippen LogP contribution >= 0.6 is 0 Å². The van der Waals surface area contributed by atoms with Gasteiger partial charge < -0.3 is 15.4 Å². The van der Waals surface area contributed by atoms with Crippen molar-refractivity contribution in [3.05, 3.63) is 0 Å². The Labute approximate surface area is 102 Å². The second-order valence-electron chi connectivity index (χ2n) is 5.44. The lowest BCUT2D eigenvalue weighted by atomic mass is 10.0. The number of hydrogen-bond donors (Lipinski definition) is 1. The van der Waals surface area contributed by atoms with Crippen LogP contribution in [-0.2, 0) is 14.5 Å². The fraction of sp³-hybridized carbons (Fsp3) is 0.909. The van der Waals surface area contributed by atoms with E-state index in [4.69, 9.17) is 15.4 Å². The third-order valence-corrected chi connectivity index (χ3v) is 2.50. The van der Waals surface area contributed by atoms with Crippen LogP contribution < -0.4 is 5.73 Å². The van der Waals surface area contributed by atoms with Gasteiger partial charge in [-0.2, -0.15) is 0 Å². The minimum atomic E-state index is -0.549. The summed E-state index contributed by atoms with van der Waals surface area (Å²) in [5, 5.41) is 0. The Hall–Kier alpha value is -0.850. The van der Waals surface area contributed by atoms with E-state index in [1.165, 1.54) is 7.11 Å². The molecule has 1 saturated heterocycles. The molecule has 2 N–H and O–H groups in total. The zero-order chi connectivity index (χ0) is 13.1. The molecule has 1 atom stereocenters. The van der Waals surface area contributed by atoms with Crippen LogP contribution in [0.25, 0.3) is 0 Å². The lowest BCUT2D eigenvalue weighted by Crippen LogP contribution is -2.48. The summed E-state index contributed by atoms with van der Waals surface area (Å²) in [6, 6.07) is 0. The average Bonchev–Trinajstić information content (AvgIpc) is 2.56. The monoisotopic (exact) mass is 246 g/mol. The largest absolute Gasteiger partial charge is 0.444 e. The molecule has 0 bridgehead atoms. The van der Waals surface area contributed by atoms with E-state index < -0.39 is 11.1 Å². The molecule has 1 aliphatic heterocycles. The third kappa shape index (κ3) is 4.49. The van der Waals surface area contributed by atoms with E-state index in [0.29, 0.717) is 19.5 Å². The SMILES string of the molecule is COOCC1(N)CCN(C(=O)OC(C)(C)C)C1. The molecule has 0 aliphatic carbocycles. The second kappa shape index (κ2) is 5.20. The molecular weight excluding hydrogens is 224 g/mol. The maximum Gasteiger partial charge on any atom is 0.410 e. The van der Waals surface area contributed by atoms with Crippen molar-refractivity contribution in [3.8, 4) is 0 Å². The highest BCUT2D eigenvalue weighted by Crippen LogP contribution is 2.21. The number of carbonyl (C=O) groups is 1. The Kier molecular flexibility index (Phi) is 4.35. The topological polar surface area (TPSA) is 74.0 Å². The number of carbonyl (C=O) groups excluding carboxylic acids is 1. The summed E-state index contributed by atoms with van der Waals surface area (Å²) in [7, 11) is 1.43. The molecule has 1 rings (SSSR count). The average molecular weight is 246 g/mol. The van der Waals surface area contributed by atoms with Crippen LogP contribution in [0.2, 0.25) is 0 Å². The van der Waals surface area contributed by atoms with Gasteiger partial charge in [-0.15, -0.1) is 0 Å². The molecule has 6 heteroatoms. The summed E-state index contributed by atoms with van der Waals surface area (Å²) in [6.07, 6.45) is 0.345. The van der Waals surface area contributed by atoms with Gasteiger partial charge in [-0.3, -0.25) is 0 Å². The van der Waals surface area contributed by atoms with Crippen molar-refractivity contribution < 1.29 is 19.3 Å². The van der Waals surface area contributed by atoms with Gasteiger partial charge in [0.05, 0.1) is 12.6 Å². The van der Waals surface area contributed by atoms with Crippen LogP contribution in [0.4, 0.5) is 4.79 Å². The Morgan fingerprint density at radius 2 is 2.12 bits per heavy atom. The minimum absolute atomic E-state index is 0.267. The van der Waals surface area contributed by atoms with Gasteiger partial charge in [0.1, 0.15) is 12.2 Å². The van der Waals surface area contributed by atoms with E-state index >= 15 is 0 Å². The lowest BCUT2D eigenvalue weighted by Gasteiger charge is -2.26. The minimum Gasteiger partial charge on any atom is -0.444 e. The standard InChI is InChI=1S/C11H22N2O4/c1-10(2,3)17-9(14)13-6-5-11(12,7-13)8-16-15-4/h5-8,12H2,1-4H3. The molecular formula is C11H22N2O4. The van der Waals surface area contributed by atoms with E-state index in [1.807, 2.05) is 20.8 Å². The molecule has 0 saturated carbocycles. The zero-order valence-electron chi connectivity index (χ0n) is 11.0. The molecule has 17 heavy (non-hydrogen) atoms. The summed E-state index contributed by atoms with van der Waals surface area (Å²) >= 11 is 0. The van der Waals surface area contributed by atoms with Crippen molar-refractivity contribution >= 4 is 6.09 Å². The third-order valence-electron chi connectivity index (χ3n) is 2.50. The first kappa shape index (κ1) is 14.2. The van der Waals surface area contributed by atoms with Crippen molar-refractivity contribution in [1.29, 1.82) is 0 Å². The highest BCUT2D eigenvalue weighted by Gasteiger charge is 2.38. The van der Waals surface area contributed by atoms with E-state index in [1.54, 1.807) is 4.90 Å². The van der Waals surface area contributed by atoms with Crippen molar-refractivity contribution in [2.24, 2.45) is 5.73 Å². The first-order chi connectivity index (χ1) is 7.76. The highest BCUT2D eigenvalue weighted by molar-refractivity contribution is 5.68. The number of rotatable bonds is 3. The molecule has 1 aliphatic rings. The molecule has 6 nitrogen and oxygen atoms in total. The van der Waals surface area contributed by atoms with Gasteiger partial charge in [0, 0.05) is 13.1 Å². The predicted molar refractivity (Wildman–Crippen MR) is 62.3 cm³/mol. The summed E-state index contributed by atoms with van der Waals surface area (Å²) in [4.78, 5) is 22.8. The van der Waals surface area contributed by atoms with Crippen molar-refractivity contribution in [1.82, 2.24) is 4.90 Å². The van der Waals surface area contributed by atoms with Crippen LogP contribution in [0.5, 0.6) is 0 Å². The maximum absolute atomic E-state index is 11.8. The molecule has 0 aromatic carbocycles. The second-order valence-corrected chi connectivity index (χ2v) is 5.44. The van der Waals surface area contributed by atoms with Gasteiger partial charge in [0.2, 0.25) is 0 Å². The van der Waals surface area contributed by atoms with Crippen LogP contribution in [0.15, 0.2) is 0 Å². The molecule has 1 amide bonds. The molecule has 1 fully saturated rings. The fourth-order valence-electron chi connectivity index (χ4n) is 1.67. The van der Waals surface area contributed by atoms with Crippen LogP contribution in [0.3, 0.4) is 0 Å². The van der Waals surface area contributed by atoms with Crippen molar-refractivity contribution in [2.75, 3.05) is 26.8 Å². The fourth-order valence-corrected chi connectivity index (χ4v) is 1.67. The lowest BCUT2D eigenvalue weighted by molar-refractivity contribution is -0.280.